The average Bonchev–Trinajstić information content (AvgIpc) is 2.67. The van der Waals surface area contributed by atoms with Crippen molar-refractivity contribution >= 4 is 38.5 Å². The summed E-state index contributed by atoms with van der Waals surface area (Å²) in [7, 11) is 0. The van der Waals surface area contributed by atoms with Crippen LogP contribution in [0.3, 0.4) is 0 Å². The van der Waals surface area contributed by atoms with Gasteiger partial charge in [-0.15, -0.1) is 0 Å². The molecule has 0 aliphatic heterocycles. The zero-order valence-corrected chi connectivity index (χ0v) is 15.4. The Morgan fingerprint density at radius 3 is 2.52 bits per heavy atom. The van der Waals surface area contributed by atoms with Crippen LogP contribution >= 0.6 is 27.5 Å². The van der Waals surface area contributed by atoms with E-state index in [1.807, 2.05) is 12.1 Å². The molecule has 0 fully saturated rings. The topological polar surface area (TPSA) is 25.2 Å². The molecule has 1 aromatic carbocycles. The highest BCUT2D eigenvalue weighted by molar-refractivity contribution is 9.10. The van der Waals surface area contributed by atoms with Gasteiger partial charge in [0.05, 0.1) is 11.0 Å². The maximum Gasteiger partial charge on any atom is 0.148 e. The van der Waals surface area contributed by atoms with Crippen LogP contribution in [0.5, 0.6) is 0 Å². The highest BCUT2D eigenvalue weighted by Crippen LogP contribution is 2.35. The molecule has 2 rings (SSSR count). The van der Waals surface area contributed by atoms with E-state index < -0.39 is 0 Å². The lowest BCUT2D eigenvalue weighted by Gasteiger charge is -2.09. The lowest BCUT2D eigenvalue weighted by Crippen LogP contribution is -2.19. The molecule has 1 heterocycles. The van der Waals surface area contributed by atoms with Crippen molar-refractivity contribution in [3.05, 3.63) is 33.0 Å². The van der Waals surface area contributed by atoms with Crippen molar-refractivity contribution in [2.24, 2.45) is 11.8 Å². The van der Waals surface area contributed by atoms with Crippen LogP contribution in [0.1, 0.15) is 39.0 Å². The zero-order chi connectivity index (χ0) is 15.6. The monoisotopic (exact) mass is 371 g/mol. The van der Waals surface area contributed by atoms with Gasteiger partial charge in [-0.3, -0.25) is 0 Å². The summed E-state index contributed by atoms with van der Waals surface area (Å²) in [5.41, 5.74) is 2.18. The summed E-state index contributed by atoms with van der Waals surface area (Å²) in [5, 5.41) is 5.33. The van der Waals surface area contributed by atoms with Crippen LogP contribution < -0.4 is 5.32 Å². The number of hydrogen-bond acceptors (Lipinski definition) is 2. The van der Waals surface area contributed by atoms with Crippen molar-refractivity contribution in [3.63, 3.8) is 0 Å². The summed E-state index contributed by atoms with van der Waals surface area (Å²) >= 11 is 9.75. The molecule has 2 aromatic rings. The molecule has 116 valence electrons. The first kappa shape index (κ1) is 16.9. The minimum Gasteiger partial charge on any atom is -0.458 e. The van der Waals surface area contributed by atoms with Gasteiger partial charge in [0, 0.05) is 16.0 Å². The van der Waals surface area contributed by atoms with Crippen molar-refractivity contribution in [2.75, 3.05) is 6.54 Å². The molecule has 0 amide bonds. The third kappa shape index (κ3) is 4.24. The smallest absolute Gasteiger partial charge is 0.148 e. The van der Waals surface area contributed by atoms with E-state index in [9.17, 15) is 0 Å². The zero-order valence-electron chi connectivity index (χ0n) is 13.1. The highest BCUT2D eigenvalue weighted by Gasteiger charge is 2.17. The summed E-state index contributed by atoms with van der Waals surface area (Å²) < 4.78 is 7.02. The van der Waals surface area contributed by atoms with E-state index in [-0.39, 0.29) is 0 Å². The molecule has 0 saturated carbocycles. The summed E-state index contributed by atoms with van der Waals surface area (Å²) in [6, 6.07) is 3.90. The first-order valence-electron chi connectivity index (χ1n) is 7.48. The maximum absolute atomic E-state index is 6.20. The Labute approximate surface area is 140 Å². The van der Waals surface area contributed by atoms with Gasteiger partial charge in [0.1, 0.15) is 11.3 Å². The van der Waals surface area contributed by atoms with Crippen LogP contribution in [0.2, 0.25) is 5.02 Å². The minimum absolute atomic E-state index is 0.576. The van der Waals surface area contributed by atoms with Gasteiger partial charge < -0.3 is 9.73 Å². The lowest BCUT2D eigenvalue weighted by atomic mass is 9.99. The van der Waals surface area contributed by atoms with Gasteiger partial charge >= 0.3 is 0 Å². The molecule has 0 atom stereocenters. The molecule has 0 saturated heterocycles. The Morgan fingerprint density at radius 1 is 1.19 bits per heavy atom. The fourth-order valence-corrected chi connectivity index (χ4v) is 3.36. The molecular weight excluding hydrogens is 350 g/mol. The van der Waals surface area contributed by atoms with Crippen LogP contribution in [0.15, 0.2) is 21.0 Å². The van der Waals surface area contributed by atoms with Crippen LogP contribution in [0, 0.1) is 11.8 Å². The third-order valence-corrected chi connectivity index (χ3v) is 4.15. The van der Waals surface area contributed by atoms with Gasteiger partial charge in [-0.05, 0) is 52.9 Å². The highest BCUT2D eigenvalue weighted by atomic mass is 79.9. The van der Waals surface area contributed by atoms with E-state index >= 15 is 0 Å². The summed E-state index contributed by atoms with van der Waals surface area (Å²) in [6.07, 6.45) is 0.998. The Bertz CT molecular complexity index is 619. The molecule has 0 aliphatic rings. The number of halogens is 2. The quantitative estimate of drug-likeness (QED) is 0.694. The molecule has 0 aliphatic carbocycles. The average molecular weight is 373 g/mol. The number of benzene rings is 1. The predicted molar refractivity (Wildman–Crippen MR) is 94.0 cm³/mol. The molecular formula is C17H23BrClNO. The molecule has 4 heteroatoms. The van der Waals surface area contributed by atoms with Gasteiger partial charge in [0.25, 0.3) is 0 Å². The van der Waals surface area contributed by atoms with Crippen LogP contribution in [0.4, 0.5) is 0 Å². The number of furan rings is 1. The second kappa shape index (κ2) is 7.17. The second-order valence-corrected chi connectivity index (χ2v) is 7.68. The Balaban J connectivity index is 2.40. The first-order valence-corrected chi connectivity index (χ1v) is 8.65. The first-order chi connectivity index (χ1) is 9.88. The number of hydrogen-bond donors (Lipinski definition) is 1. The molecule has 1 N–H and O–H groups in total. The van der Waals surface area contributed by atoms with Gasteiger partial charge in [0.15, 0.2) is 0 Å². The second-order valence-electron chi connectivity index (χ2n) is 6.39. The molecule has 21 heavy (non-hydrogen) atoms. The largest absolute Gasteiger partial charge is 0.458 e. The van der Waals surface area contributed by atoms with Gasteiger partial charge in [-0.25, -0.2) is 0 Å². The van der Waals surface area contributed by atoms with Crippen molar-refractivity contribution in [1.82, 2.24) is 5.32 Å². The van der Waals surface area contributed by atoms with E-state index in [1.165, 1.54) is 5.56 Å². The predicted octanol–water partition coefficient (Wildman–Crippen LogP) is 5.79. The Hall–Kier alpha value is -0.510. The SMILES string of the molecule is CC(C)CNCc1oc2c(Br)cc(Cl)cc2c1CC(C)C. The van der Waals surface area contributed by atoms with Crippen LogP contribution in [-0.2, 0) is 13.0 Å². The Kier molecular flexibility index (Phi) is 5.75. The number of nitrogens with one attached hydrogen (secondary N) is 1. The standard InChI is InChI=1S/C17H23BrClNO/c1-10(2)5-13-14-6-12(19)7-15(18)17(14)21-16(13)9-20-8-11(3)4/h6-7,10-11,20H,5,8-9H2,1-4H3. The molecule has 2 nitrogen and oxygen atoms in total. The van der Waals surface area contributed by atoms with Crippen LogP contribution in [0.25, 0.3) is 11.0 Å². The van der Waals surface area contributed by atoms with Gasteiger partial charge in [-0.1, -0.05) is 39.3 Å². The normalized spacial score (nSPS) is 12.0. The summed E-state index contributed by atoms with van der Waals surface area (Å²) in [4.78, 5) is 0. The fourth-order valence-electron chi connectivity index (χ4n) is 2.47. The van der Waals surface area contributed by atoms with E-state index in [1.54, 1.807) is 0 Å². The lowest BCUT2D eigenvalue weighted by molar-refractivity contribution is 0.476. The van der Waals surface area contributed by atoms with E-state index in [2.05, 4.69) is 48.9 Å². The third-order valence-electron chi connectivity index (χ3n) is 3.35. The van der Waals surface area contributed by atoms with Crippen molar-refractivity contribution < 1.29 is 4.42 Å². The fraction of sp³-hybridized carbons (Fsp3) is 0.529. The van der Waals surface area contributed by atoms with Crippen molar-refractivity contribution in [3.8, 4) is 0 Å². The number of rotatable bonds is 6. The van der Waals surface area contributed by atoms with Gasteiger partial charge in [0.2, 0.25) is 0 Å². The summed E-state index contributed by atoms with van der Waals surface area (Å²) in [5.74, 6) is 2.24. The molecule has 0 spiro atoms. The van der Waals surface area contributed by atoms with Crippen molar-refractivity contribution in [1.29, 1.82) is 0 Å². The number of fused-ring (bicyclic) bond motifs is 1. The molecule has 0 bridgehead atoms. The molecule has 0 unspecified atom stereocenters. The van der Waals surface area contributed by atoms with Gasteiger partial charge in [-0.2, -0.15) is 0 Å². The summed E-state index contributed by atoms with van der Waals surface area (Å²) in [6.45, 7) is 10.6. The van der Waals surface area contributed by atoms with E-state index in [0.29, 0.717) is 11.8 Å². The van der Waals surface area contributed by atoms with E-state index in [0.717, 1.165) is 45.7 Å². The maximum atomic E-state index is 6.20. The Morgan fingerprint density at radius 2 is 1.90 bits per heavy atom. The minimum atomic E-state index is 0.576. The van der Waals surface area contributed by atoms with Crippen molar-refractivity contribution in [2.45, 2.75) is 40.7 Å². The molecule has 0 radical (unpaired) electrons. The van der Waals surface area contributed by atoms with E-state index in [4.69, 9.17) is 16.0 Å². The van der Waals surface area contributed by atoms with Crippen LogP contribution in [-0.4, -0.2) is 6.54 Å². The molecule has 1 aromatic heterocycles.